The van der Waals surface area contributed by atoms with Crippen LogP contribution >= 0.6 is 0 Å². The predicted molar refractivity (Wildman–Crippen MR) is 104 cm³/mol. The Kier molecular flexibility index (Phi) is 5.40. The molecule has 1 heterocycles. The molecule has 27 heavy (non-hydrogen) atoms. The fourth-order valence-corrected chi connectivity index (χ4v) is 4.42. The van der Waals surface area contributed by atoms with Crippen LogP contribution in [0.2, 0.25) is 0 Å². The number of ether oxygens (including phenoxy) is 1. The summed E-state index contributed by atoms with van der Waals surface area (Å²) in [7, 11) is -4.29. The van der Waals surface area contributed by atoms with E-state index in [9.17, 15) is 17.8 Å². The summed E-state index contributed by atoms with van der Waals surface area (Å²) in [6, 6.07) is 15.4. The van der Waals surface area contributed by atoms with Crippen molar-refractivity contribution in [3.8, 4) is 5.75 Å². The molecule has 6 heteroatoms. The van der Waals surface area contributed by atoms with Crippen molar-refractivity contribution in [2.45, 2.75) is 49.9 Å². The van der Waals surface area contributed by atoms with Gasteiger partial charge in [0.05, 0.1) is 0 Å². The number of rotatable bonds is 6. The first kappa shape index (κ1) is 19.6. The molecular weight excluding hydrogens is 364 g/mol. The van der Waals surface area contributed by atoms with Gasteiger partial charge in [0.25, 0.3) is 0 Å². The Bertz CT molecular complexity index is 919. The van der Waals surface area contributed by atoms with Crippen LogP contribution in [0.3, 0.4) is 0 Å². The van der Waals surface area contributed by atoms with E-state index in [4.69, 9.17) is 4.74 Å². The first-order valence-electron chi connectivity index (χ1n) is 8.97. The molecule has 1 aliphatic rings. The number of fused-ring (bicyclic) bond motifs is 1. The lowest BCUT2D eigenvalue weighted by Gasteiger charge is -2.36. The zero-order chi connectivity index (χ0) is 19.7. The van der Waals surface area contributed by atoms with E-state index in [1.807, 2.05) is 50.2 Å². The lowest BCUT2D eigenvalue weighted by atomic mass is 9.78. The van der Waals surface area contributed by atoms with E-state index in [0.29, 0.717) is 12.2 Å². The Morgan fingerprint density at radius 3 is 2.56 bits per heavy atom. The van der Waals surface area contributed by atoms with Crippen LogP contribution in [-0.2, 0) is 26.7 Å². The Labute approximate surface area is 160 Å². The van der Waals surface area contributed by atoms with Crippen LogP contribution in [0.15, 0.2) is 48.5 Å². The van der Waals surface area contributed by atoms with Gasteiger partial charge in [0.15, 0.2) is 0 Å². The van der Waals surface area contributed by atoms with Gasteiger partial charge in [0, 0.05) is 17.9 Å². The Balaban J connectivity index is 1.85. The number of hydrogen-bond donors (Lipinski definition) is 1. The van der Waals surface area contributed by atoms with Crippen LogP contribution in [0.4, 0.5) is 0 Å². The van der Waals surface area contributed by atoms with Crippen molar-refractivity contribution >= 4 is 16.4 Å². The van der Waals surface area contributed by atoms with Gasteiger partial charge in [0.2, 0.25) is 5.44 Å². The molecule has 0 fully saturated rings. The third kappa shape index (κ3) is 4.39. The minimum atomic E-state index is -4.29. The van der Waals surface area contributed by atoms with Crippen molar-refractivity contribution < 1.29 is 22.5 Å². The molecule has 2 atom stereocenters. The molecule has 1 aliphatic heterocycles. The number of aryl methyl sites for hydroxylation is 1. The van der Waals surface area contributed by atoms with Gasteiger partial charge in [-0.25, -0.2) is 0 Å². The summed E-state index contributed by atoms with van der Waals surface area (Å²) in [4.78, 5) is 11.7. The maximum Gasteiger partial charge on any atom is 0.303 e. The summed E-state index contributed by atoms with van der Waals surface area (Å²) in [5, 5.41) is 0. The van der Waals surface area contributed by atoms with E-state index in [1.165, 1.54) is 5.56 Å². The highest BCUT2D eigenvalue weighted by molar-refractivity contribution is 7.86. The largest absolute Gasteiger partial charge is 0.472 e. The Hall–Kier alpha value is -2.18. The lowest BCUT2D eigenvalue weighted by Crippen LogP contribution is -2.39. The van der Waals surface area contributed by atoms with Crippen LogP contribution in [0.25, 0.3) is 0 Å². The molecule has 0 bridgehead atoms. The summed E-state index contributed by atoms with van der Waals surface area (Å²) in [6.07, 6.45) is 2.60. The van der Waals surface area contributed by atoms with Gasteiger partial charge >= 0.3 is 10.1 Å². The predicted octanol–water partition coefficient (Wildman–Crippen LogP) is 3.88. The average Bonchev–Trinajstić information content (AvgIpc) is 2.62. The fourth-order valence-electron chi connectivity index (χ4n) is 3.57. The summed E-state index contributed by atoms with van der Waals surface area (Å²) < 4.78 is 37.9. The molecule has 0 aliphatic carbocycles. The molecule has 2 aromatic rings. The molecule has 0 spiro atoms. The van der Waals surface area contributed by atoms with Crippen LogP contribution in [0.5, 0.6) is 5.75 Å². The molecule has 0 aromatic heterocycles. The van der Waals surface area contributed by atoms with E-state index >= 15 is 0 Å². The molecule has 0 amide bonds. The molecule has 0 saturated carbocycles. The molecule has 2 aromatic carbocycles. The highest BCUT2D eigenvalue weighted by atomic mass is 32.2. The van der Waals surface area contributed by atoms with Crippen LogP contribution < -0.4 is 4.74 Å². The first-order chi connectivity index (χ1) is 12.7. The van der Waals surface area contributed by atoms with Crippen molar-refractivity contribution in [1.29, 1.82) is 0 Å². The summed E-state index contributed by atoms with van der Waals surface area (Å²) >= 11 is 0. The molecule has 1 N–H and O–H groups in total. The highest BCUT2D eigenvalue weighted by Crippen LogP contribution is 2.43. The van der Waals surface area contributed by atoms with Gasteiger partial charge in [0.1, 0.15) is 12.0 Å². The van der Waals surface area contributed by atoms with Gasteiger partial charge in [-0.05, 0) is 35.4 Å². The molecule has 0 saturated heterocycles. The van der Waals surface area contributed by atoms with Gasteiger partial charge in [-0.2, -0.15) is 8.42 Å². The lowest BCUT2D eigenvalue weighted by molar-refractivity contribution is -0.109. The van der Waals surface area contributed by atoms with Crippen molar-refractivity contribution in [1.82, 2.24) is 0 Å². The number of aldehydes is 1. The molecule has 0 radical (unpaired) electrons. The second-order valence-corrected chi connectivity index (χ2v) is 9.23. The SMILES string of the molecule is CC1(C)CC(S(=O)(=O)O)Oc2ccc(C(C=O)CCc3ccccc3)cc21. The molecule has 3 rings (SSSR count). The molecule has 144 valence electrons. The van der Waals surface area contributed by atoms with Gasteiger partial charge in [-0.3, -0.25) is 4.55 Å². The molecule has 2 unspecified atom stereocenters. The van der Waals surface area contributed by atoms with Gasteiger partial charge in [-0.1, -0.05) is 56.3 Å². The minimum Gasteiger partial charge on any atom is -0.472 e. The van der Waals surface area contributed by atoms with Gasteiger partial charge < -0.3 is 9.53 Å². The highest BCUT2D eigenvalue weighted by Gasteiger charge is 2.40. The van der Waals surface area contributed by atoms with E-state index in [0.717, 1.165) is 23.8 Å². The van der Waals surface area contributed by atoms with E-state index < -0.39 is 21.0 Å². The van der Waals surface area contributed by atoms with Crippen LogP contribution in [0.1, 0.15) is 49.3 Å². The average molecular weight is 388 g/mol. The topological polar surface area (TPSA) is 80.7 Å². The third-order valence-electron chi connectivity index (χ3n) is 5.18. The van der Waals surface area contributed by atoms with Crippen molar-refractivity contribution in [2.24, 2.45) is 0 Å². The van der Waals surface area contributed by atoms with Crippen molar-refractivity contribution in [2.75, 3.05) is 0 Å². The Morgan fingerprint density at radius 1 is 1.22 bits per heavy atom. The zero-order valence-corrected chi connectivity index (χ0v) is 16.3. The number of benzene rings is 2. The third-order valence-corrected chi connectivity index (χ3v) is 6.11. The fraction of sp³-hybridized carbons (Fsp3) is 0.381. The normalized spacial score (nSPS) is 19.6. The molecular formula is C21H24O5S. The minimum absolute atomic E-state index is 0.151. The number of carbonyl (C=O) groups is 1. The van der Waals surface area contributed by atoms with Crippen molar-refractivity contribution in [3.05, 3.63) is 65.2 Å². The molecule has 5 nitrogen and oxygen atoms in total. The maximum absolute atomic E-state index is 11.7. The second kappa shape index (κ2) is 7.44. The maximum atomic E-state index is 11.7. The Morgan fingerprint density at radius 2 is 1.93 bits per heavy atom. The quantitative estimate of drug-likeness (QED) is 0.600. The second-order valence-electron chi connectivity index (χ2n) is 7.67. The monoisotopic (exact) mass is 388 g/mol. The zero-order valence-electron chi connectivity index (χ0n) is 15.5. The van der Waals surface area contributed by atoms with E-state index in [1.54, 1.807) is 12.1 Å². The van der Waals surface area contributed by atoms with E-state index in [-0.39, 0.29) is 12.3 Å². The number of carbonyl (C=O) groups excluding carboxylic acids is 1. The van der Waals surface area contributed by atoms with Gasteiger partial charge in [-0.15, -0.1) is 0 Å². The van der Waals surface area contributed by atoms with Crippen molar-refractivity contribution in [3.63, 3.8) is 0 Å². The summed E-state index contributed by atoms with van der Waals surface area (Å²) in [5.41, 5.74) is 1.15. The summed E-state index contributed by atoms with van der Waals surface area (Å²) in [5.74, 6) is 0.191. The smallest absolute Gasteiger partial charge is 0.303 e. The standard InChI is InChI=1S/C21H24O5S/c1-21(2)13-20(27(23,24)25)26-19-11-10-16(12-18(19)21)17(14-22)9-8-15-6-4-3-5-7-15/h3-7,10-12,14,17,20H,8-9,13H2,1-2H3,(H,23,24,25). The van der Waals surface area contributed by atoms with Crippen LogP contribution in [0, 0.1) is 0 Å². The van der Waals surface area contributed by atoms with E-state index in [2.05, 4.69) is 0 Å². The number of hydrogen-bond acceptors (Lipinski definition) is 4. The first-order valence-corrected chi connectivity index (χ1v) is 10.5. The summed E-state index contributed by atoms with van der Waals surface area (Å²) in [6.45, 7) is 3.83. The van der Waals surface area contributed by atoms with Crippen LogP contribution in [-0.4, -0.2) is 24.7 Å².